The van der Waals surface area contributed by atoms with Crippen LogP contribution in [0.1, 0.15) is 18.4 Å². The number of amides is 1. The molecular formula is C15H23NO4S. The van der Waals surface area contributed by atoms with Gasteiger partial charge in [-0.3, -0.25) is 4.79 Å². The Bertz CT molecular complexity index is 552. The highest BCUT2D eigenvalue weighted by atomic mass is 32.2. The number of hydrogen-bond acceptors (Lipinski definition) is 4. The maximum atomic E-state index is 11.7. The third-order valence-corrected chi connectivity index (χ3v) is 3.99. The van der Waals surface area contributed by atoms with E-state index < -0.39 is 9.84 Å². The molecule has 0 aliphatic carbocycles. The largest absolute Gasteiger partial charge is 0.494 e. The van der Waals surface area contributed by atoms with E-state index in [0.29, 0.717) is 19.6 Å². The molecule has 0 unspecified atom stereocenters. The number of carbonyl (C=O) groups excluding carboxylic acids is 1. The second-order valence-corrected chi connectivity index (χ2v) is 7.47. The Balaban J connectivity index is 2.22. The lowest BCUT2D eigenvalue weighted by Gasteiger charge is -2.17. The summed E-state index contributed by atoms with van der Waals surface area (Å²) in [6.45, 7) is 3.09. The van der Waals surface area contributed by atoms with E-state index >= 15 is 0 Å². The summed E-state index contributed by atoms with van der Waals surface area (Å²) in [5, 5.41) is 0. The molecule has 0 fully saturated rings. The van der Waals surface area contributed by atoms with Gasteiger partial charge in [0, 0.05) is 26.3 Å². The van der Waals surface area contributed by atoms with E-state index in [0.717, 1.165) is 12.0 Å². The zero-order valence-corrected chi connectivity index (χ0v) is 13.6. The smallest absolute Gasteiger partial charge is 0.223 e. The van der Waals surface area contributed by atoms with Crippen LogP contribution >= 0.6 is 0 Å². The molecule has 0 heterocycles. The summed E-state index contributed by atoms with van der Waals surface area (Å²) < 4.78 is 27.6. The Morgan fingerprint density at radius 3 is 2.43 bits per heavy atom. The summed E-state index contributed by atoms with van der Waals surface area (Å²) in [4.78, 5) is 13.3. The van der Waals surface area contributed by atoms with Gasteiger partial charge in [-0.25, -0.2) is 8.42 Å². The molecule has 21 heavy (non-hydrogen) atoms. The highest BCUT2D eigenvalue weighted by Gasteiger charge is 2.11. The predicted octanol–water partition coefficient (Wildman–Crippen LogP) is 1.66. The summed E-state index contributed by atoms with van der Waals surface area (Å²) in [5.41, 5.74) is 1.18. The number of aryl methyl sites for hydroxylation is 1. The first-order valence-corrected chi connectivity index (χ1v) is 8.95. The van der Waals surface area contributed by atoms with Gasteiger partial charge in [-0.2, -0.15) is 0 Å². The molecule has 118 valence electrons. The van der Waals surface area contributed by atoms with Gasteiger partial charge in [0.25, 0.3) is 0 Å². The van der Waals surface area contributed by atoms with Gasteiger partial charge in [0.1, 0.15) is 15.6 Å². The SMILES string of the molecule is Cc1ccc(OCCCN(C)C(=O)CCS(C)(=O)=O)cc1. The van der Waals surface area contributed by atoms with E-state index in [1.807, 2.05) is 31.2 Å². The van der Waals surface area contributed by atoms with Crippen LogP contribution in [-0.2, 0) is 14.6 Å². The molecule has 0 spiro atoms. The number of hydrogen-bond donors (Lipinski definition) is 0. The highest BCUT2D eigenvalue weighted by Crippen LogP contribution is 2.11. The summed E-state index contributed by atoms with van der Waals surface area (Å²) in [7, 11) is -1.41. The van der Waals surface area contributed by atoms with Crippen molar-refractivity contribution in [1.82, 2.24) is 4.90 Å². The molecule has 0 saturated carbocycles. The number of nitrogens with zero attached hydrogens (tertiary/aromatic N) is 1. The molecule has 0 radical (unpaired) electrons. The Morgan fingerprint density at radius 2 is 1.86 bits per heavy atom. The first kappa shape index (κ1) is 17.5. The fourth-order valence-electron chi connectivity index (χ4n) is 1.71. The van der Waals surface area contributed by atoms with Crippen LogP contribution in [0.25, 0.3) is 0 Å². The van der Waals surface area contributed by atoms with Crippen molar-refractivity contribution >= 4 is 15.7 Å². The van der Waals surface area contributed by atoms with E-state index in [1.54, 1.807) is 11.9 Å². The van der Waals surface area contributed by atoms with Crippen LogP contribution in [0.5, 0.6) is 5.75 Å². The summed E-state index contributed by atoms with van der Waals surface area (Å²) in [5.74, 6) is 0.554. The minimum Gasteiger partial charge on any atom is -0.494 e. The molecular weight excluding hydrogens is 290 g/mol. The van der Waals surface area contributed by atoms with E-state index in [9.17, 15) is 13.2 Å². The van der Waals surface area contributed by atoms with Gasteiger partial charge in [0.2, 0.25) is 5.91 Å². The van der Waals surface area contributed by atoms with Gasteiger partial charge < -0.3 is 9.64 Å². The normalized spacial score (nSPS) is 11.2. The van der Waals surface area contributed by atoms with Crippen LogP contribution < -0.4 is 4.74 Å². The Labute approximate surface area is 126 Å². The molecule has 0 bridgehead atoms. The van der Waals surface area contributed by atoms with Crippen molar-refractivity contribution < 1.29 is 17.9 Å². The standard InChI is InChI=1S/C15H23NO4S/c1-13-5-7-14(8-6-13)20-11-4-10-16(2)15(17)9-12-21(3,18)19/h5-8H,4,9-12H2,1-3H3. The molecule has 0 saturated heterocycles. The van der Waals surface area contributed by atoms with Crippen molar-refractivity contribution in [2.75, 3.05) is 32.2 Å². The zero-order chi connectivity index (χ0) is 15.9. The van der Waals surface area contributed by atoms with Crippen LogP contribution in [0.3, 0.4) is 0 Å². The van der Waals surface area contributed by atoms with Crippen LogP contribution in [0.15, 0.2) is 24.3 Å². The molecule has 5 nitrogen and oxygen atoms in total. The first-order chi connectivity index (χ1) is 9.78. The second kappa shape index (κ2) is 8.02. The van der Waals surface area contributed by atoms with Crippen molar-refractivity contribution in [3.63, 3.8) is 0 Å². The quantitative estimate of drug-likeness (QED) is 0.685. The average Bonchev–Trinajstić information content (AvgIpc) is 2.41. The fourth-order valence-corrected chi connectivity index (χ4v) is 2.26. The van der Waals surface area contributed by atoms with Crippen LogP contribution in [0, 0.1) is 6.92 Å². The lowest BCUT2D eigenvalue weighted by Crippen LogP contribution is -2.30. The molecule has 0 N–H and O–H groups in total. The van der Waals surface area contributed by atoms with Crippen LogP contribution in [0.4, 0.5) is 0 Å². The molecule has 6 heteroatoms. The monoisotopic (exact) mass is 313 g/mol. The second-order valence-electron chi connectivity index (χ2n) is 5.21. The summed E-state index contributed by atoms with van der Waals surface area (Å²) >= 11 is 0. The van der Waals surface area contributed by atoms with Crippen molar-refractivity contribution in [1.29, 1.82) is 0 Å². The van der Waals surface area contributed by atoms with E-state index in [4.69, 9.17) is 4.74 Å². The van der Waals surface area contributed by atoms with Gasteiger partial charge in [0.05, 0.1) is 12.4 Å². The van der Waals surface area contributed by atoms with Crippen LogP contribution in [0.2, 0.25) is 0 Å². The summed E-state index contributed by atoms with van der Waals surface area (Å²) in [6, 6.07) is 7.79. The molecule has 0 aromatic heterocycles. The third kappa shape index (κ3) is 7.70. The molecule has 0 atom stereocenters. The molecule has 1 rings (SSSR count). The third-order valence-electron chi connectivity index (χ3n) is 3.04. The van der Waals surface area contributed by atoms with Gasteiger partial charge >= 0.3 is 0 Å². The molecule has 1 aromatic carbocycles. The minimum absolute atomic E-state index is 0.0359. The molecule has 1 amide bonds. The van der Waals surface area contributed by atoms with Gasteiger partial charge in [-0.05, 0) is 25.5 Å². The van der Waals surface area contributed by atoms with E-state index in [2.05, 4.69) is 0 Å². The average molecular weight is 313 g/mol. The van der Waals surface area contributed by atoms with Gasteiger partial charge in [-0.15, -0.1) is 0 Å². The zero-order valence-electron chi connectivity index (χ0n) is 12.8. The fraction of sp³-hybridized carbons (Fsp3) is 0.533. The number of benzene rings is 1. The van der Waals surface area contributed by atoms with Gasteiger partial charge in [-0.1, -0.05) is 17.7 Å². The molecule has 0 aliphatic heterocycles. The Kier molecular flexibility index (Phi) is 6.68. The number of ether oxygens (including phenoxy) is 1. The topological polar surface area (TPSA) is 63.7 Å². The predicted molar refractivity (Wildman–Crippen MR) is 83.3 cm³/mol. The highest BCUT2D eigenvalue weighted by molar-refractivity contribution is 7.90. The maximum Gasteiger partial charge on any atom is 0.223 e. The lowest BCUT2D eigenvalue weighted by atomic mass is 10.2. The lowest BCUT2D eigenvalue weighted by molar-refractivity contribution is -0.129. The van der Waals surface area contributed by atoms with Crippen molar-refractivity contribution in [2.24, 2.45) is 0 Å². The Morgan fingerprint density at radius 1 is 1.24 bits per heavy atom. The van der Waals surface area contributed by atoms with Crippen molar-refractivity contribution in [3.05, 3.63) is 29.8 Å². The van der Waals surface area contributed by atoms with Crippen molar-refractivity contribution in [2.45, 2.75) is 19.8 Å². The van der Waals surface area contributed by atoms with Crippen molar-refractivity contribution in [3.8, 4) is 5.75 Å². The molecule has 1 aromatic rings. The first-order valence-electron chi connectivity index (χ1n) is 6.89. The molecule has 0 aliphatic rings. The van der Waals surface area contributed by atoms with E-state index in [-0.39, 0.29) is 18.1 Å². The number of carbonyl (C=O) groups is 1. The van der Waals surface area contributed by atoms with Crippen LogP contribution in [-0.4, -0.2) is 51.4 Å². The number of rotatable bonds is 8. The number of sulfone groups is 1. The maximum absolute atomic E-state index is 11.7. The Hall–Kier alpha value is -1.56. The minimum atomic E-state index is -3.09. The summed E-state index contributed by atoms with van der Waals surface area (Å²) in [6.07, 6.45) is 1.87. The van der Waals surface area contributed by atoms with E-state index in [1.165, 1.54) is 5.56 Å². The van der Waals surface area contributed by atoms with Gasteiger partial charge in [0.15, 0.2) is 0 Å².